The predicted molar refractivity (Wildman–Crippen MR) is 74.4 cm³/mol. The summed E-state index contributed by atoms with van der Waals surface area (Å²) in [6.45, 7) is 2.77. The summed E-state index contributed by atoms with van der Waals surface area (Å²) in [5.74, 6) is 0.301. The summed E-state index contributed by atoms with van der Waals surface area (Å²) in [5, 5.41) is 2.83. The summed E-state index contributed by atoms with van der Waals surface area (Å²) in [5.41, 5.74) is 0.635. The van der Waals surface area contributed by atoms with Gasteiger partial charge in [-0.25, -0.2) is 4.98 Å². The second kappa shape index (κ2) is 6.36. The second-order valence-electron chi connectivity index (χ2n) is 4.88. The van der Waals surface area contributed by atoms with Crippen molar-refractivity contribution in [2.75, 3.05) is 25.5 Å². The van der Waals surface area contributed by atoms with Gasteiger partial charge in [-0.2, -0.15) is 0 Å². The minimum absolute atomic E-state index is 0.0219. The lowest BCUT2D eigenvalue weighted by atomic mass is 9.97. The predicted octanol–water partition coefficient (Wildman–Crippen LogP) is 1.29. The molecular formula is C14H19N3O3. The quantitative estimate of drug-likeness (QED) is 0.903. The van der Waals surface area contributed by atoms with E-state index in [0.717, 1.165) is 19.4 Å². The number of carbonyl (C=O) groups excluding carboxylic acids is 2. The van der Waals surface area contributed by atoms with Gasteiger partial charge in [0.15, 0.2) is 0 Å². The Kier molecular flexibility index (Phi) is 4.55. The summed E-state index contributed by atoms with van der Waals surface area (Å²) >= 11 is 0. The van der Waals surface area contributed by atoms with E-state index in [1.807, 2.05) is 0 Å². The van der Waals surface area contributed by atoms with Crippen molar-refractivity contribution in [1.29, 1.82) is 0 Å². The standard InChI is InChI=1S/C14H19N3O3/c1-10(18)17-7-3-4-11(9-17)14(19)16-12-5-6-13(20-2)15-8-12/h5-6,8,11H,3-4,7,9H2,1-2H3,(H,16,19)/t11-/m1/s1. The number of amides is 2. The number of ether oxygens (including phenoxy) is 1. The maximum absolute atomic E-state index is 12.2. The molecule has 20 heavy (non-hydrogen) atoms. The molecule has 0 spiro atoms. The first kappa shape index (κ1) is 14.3. The van der Waals surface area contributed by atoms with Gasteiger partial charge in [-0.3, -0.25) is 9.59 Å². The number of aromatic nitrogens is 1. The zero-order chi connectivity index (χ0) is 14.5. The van der Waals surface area contributed by atoms with Gasteiger partial charge in [0.05, 0.1) is 24.9 Å². The first-order valence-corrected chi connectivity index (χ1v) is 6.66. The lowest BCUT2D eigenvalue weighted by Gasteiger charge is -2.31. The van der Waals surface area contributed by atoms with Crippen LogP contribution in [0.15, 0.2) is 18.3 Å². The van der Waals surface area contributed by atoms with Crippen molar-refractivity contribution in [3.05, 3.63) is 18.3 Å². The van der Waals surface area contributed by atoms with Crippen molar-refractivity contribution in [3.63, 3.8) is 0 Å². The van der Waals surface area contributed by atoms with Crippen LogP contribution in [0.2, 0.25) is 0 Å². The molecule has 1 N–H and O–H groups in total. The molecule has 0 aliphatic carbocycles. The molecule has 1 fully saturated rings. The van der Waals surface area contributed by atoms with Crippen molar-refractivity contribution in [3.8, 4) is 5.88 Å². The van der Waals surface area contributed by atoms with E-state index in [4.69, 9.17) is 4.74 Å². The number of nitrogens with one attached hydrogen (secondary N) is 1. The van der Waals surface area contributed by atoms with Crippen LogP contribution in [0.25, 0.3) is 0 Å². The molecule has 1 aromatic heterocycles. The van der Waals surface area contributed by atoms with Gasteiger partial charge in [-0.1, -0.05) is 0 Å². The molecule has 1 aromatic rings. The Labute approximate surface area is 118 Å². The van der Waals surface area contributed by atoms with Crippen LogP contribution in [-0.4, -0.2) is 41.9 Å². The third-order valence-electron chi connectivity index (χ3n) is 3.45. The average molecular weight is 277 g/mol. The number of piperidine rings is 1. The fourth-order valence-corrected chi connectivity index (χ4v) is 2.30. The number of rotatable bonds is 3. The summed E-state index contributed by atoms with van der Waals surface area (Å²) in [6.07, 6.45) is 3.22. The highest BCUT2D eigenvalue weighted by atomic mass is 16.5. The topological polar surface area (TPSA) is 71.5 Å². The Balaban J connectivity index is 1.95. The van der Waals surface area contributed by atoms with Crippen molar-refractivity contribution in [1.82, 2.24) is 9.88 Å². The molecule has 0 aromatic carbocycles. The van der Waals surface area contributed by atoms with Gasteiger partial charge in [0.1, 0.15) is 0 Å². The molecule has 0 radical (unpaired) electrons. The van der Waals surface area contributed by atoms with Crippen LogP contribution in [-0.2, 0) is 9.59 Å². The molecule has 6 nitrogen and oxygen atoms in total. The fraction of sp³-hybridized carbons (Fsp3) is 0.500. The van der Waals surface area contributed by atoms with Crippen molar-refractivity contribution in [2.45, 2.75) is 19.8 Å². The van der Waals surface area contributed by atoms with E-state index in [0.29, 0.717) is 18.1 Å². The van der Waals surface area contributed by atoms with E-state index in [9.17, 15) is 9.59 Å². The molecule has 108 valence electrons. The lowest BCUT2D eigenvalue weighted by Crippen LogP contribution is -2.42. The maximum Gasteiger partial charge on any atom is 0.229 e. The number of hydrogen-bond acceptors (Lipinski definition) is 4. The Hall–Kier alpha value is -2.11. The molecule has 0 unspecified atom stereocenters. The average Bonchev–Trinajstić information content (AvgIpc) is 2.48. The monoisotopic (exact) mass is 277 g/mol. The normalized spacial score (nSPS) is 18.5. The van der Waals surface area contributed by atoms with Gasteiger partial charge in [0.25, 0.3) is 0 Å². The highest BCUT2D eigenvalue weighted by Gasteiger charge is 2.26. The number of nitrogens with zero attached hydrogens (tertiary/aromatic N) is 2. The highest BCUT2D eigenvalue weighted by Crippen LogP contribution is 2.19. The molecule has 0 bridgehead atoms. The fourth-order valence-electron chi connectivity index (χ4n) is 2.30. The first-order valence-electron chi connectivity index (χ1n) is 6.66. The number of methoxy groups -OCH3 is 1. The molecule has 1 saturated heterocycles. The third kappa shape index (κ3) is 3.46. The Bertz CT molecular complexity index is 487. The highest BCUT2D eigenvalue weighted by molar-refractivity contribution is 5.93. The molecule has 1 aliphatic heterocycles. The summed E-state index contributed by atoms with van der Waals surface area (Å²) < 4.78 is 4.96. The Morgan fingerprint density at radius 3 is 2.85 bits per heavy atom. The van der Waals surface area contributed by atoms with Crippen LogP contribution in [0.4, 0.5) is 5.69 Å². The largest absolute Gasteiger partial charge is 0.481 e. The number of carbonyl (C=O) groups is 2. The van der Waals surface area contributed by atoms with E-state index in [1.54, 1.807) is 30.3 Å². The van der Waals surface area contributed by atoms with E-state index >= 15 is 0 Å². The van der Waals surface area contributed by atoms with Gasteiger partial charge in [-0.05, 0) is 18.9 Å². The van der Waals surface area contributed by atoms with Crippen LogP contribution in [0.1, 0.15) is 19.8 Å². The molecule has 2 heterocycles. The van der Waals surface area contributed by atoms with Gasteiger partial charge in [0.2, 0.25) is 17.7 Å². The number of likely N-dealkylation sites (tertiary alicyclic amines) is 1. The zero-order valence-corrected chi connectivity index (χ0v) is 11.8. The van der Waals surface area contributed by atoms with Gasteiger partial charge >= 0.3 is 0 Å². The van der Waals surface area contributed by atoms with E-state index < -0.39 is 0 Å². The second-order valence-corrected chi connectivity index (χ2v) is 4.88. The van der Waals surface area contributed by atoms with Crippen LogP contribution in [0.5, 0.6) is 5.88 Å². The Morgan fingerprint density at radius 1 is 1.45 bits per heavy atom. The van der Waals surface area contributed by atoms with Crippen LogP contribution in [0.3, 0.4) is 0 Å². The molecule has 6 heteroatoms. The summed E-state index contributed by atoms with van der Waals surface area (Å²) in [7, 11) is 1.54. The zero-order valence-electron chi connectivity index (χ0n) is 11.8. The number of anilines is 1. The van der Waals surface area contributed by atoms with Crippen molar-refractivity contribution in [2.24, 2.45) is 5.92 Å². The Morgan fingerprint density at radius 2 is 2.25 bits per heavy atom. The smallest absolute Gasteiger partial charge is 0.229 e. The number of hydrogen-bond donors (Lipinski definition) is 1. The summed E-state index contributed by atoms with van der Waals surface area (Å²) in [6, 6.07) is 3.44. The molecule has 0 saturated carbocycles. The van der Waals surface area contributed by atoms with Crippen LogP contribution < -0.4 is 10.1 Å². The molecule has 1 atom stereocenters. The summed E-state index contributed by atoms with van der Waals surface area (Å²) in [4.78, 5) is 29.3. The van der Waals surface area contributed by atoms with E-state index in [2.05, 4.69) is 10.3 Å². The minimum atomic E-state index is -0.158. The maximum atomic E-state index is 12.2. The van der Waals surface area contributed by atoms with E-state index in [-0.39, 0.29) is 17.7 Å². The first-order chi connectivity index (χ1) is 9.60. The minimum Gasteiger partial charge on any atom is -0.481 e. The van der Waals surface area contributed by atoms with Gasteiger partial charge in [-0.15, -0.1) is 0 Å². The molecule has 1 aliphatic rings. The molecule has 2 amide bonds. The molecular weight excluding hydrogens is 258 g/mol. The van der Waals surface area contributed by atoms with Gasteiger partial charge < -0.3 is 15.0 Å². The SMILES string of the molecule is COc1ccc(NC(=O)[C@@H]2CCCN(C(C)=O)C2)cn1. The van der Waals surface area contributed by atoms with Gasteiger partial charge in [0, 0.05) is 26.1 Å². The van der Waals surface area contributed by atoms with Crippen LogP contribution >= 0.6 is 0 Å². The third-order valence-corrected chi connectivity index (χ3v) is 3.45. The van der Waals surface area contributed by atoms with Crippen molar-refractivity contribution < 1.29 is 14.3 Å². The van der Waals surface area contributed by atoms with E-state index in [1.165, 1.54) is 6.92 Å². The van der Waals surface area contributed by atoms with Crippen LogP contribution in [0, 0.1) is 5.92 Å². The molecule has 2 rings (SSSR count). The number of pyridine rings is 1. The lowest BCUT2D eigenvalue weighted by molar-refractivity contribution is -0.132. The van der Waals surface area contributed by atoms with Crippen molar-refractivity contribution >= 4 is 17.5 Å².